The summed E-state index contributed by atoms with van der Waals surface area (Å²) in [6.07, 6.45) is 0. The molecule has 0 atom stereocenters. The second-order valence-electron chi connectivity index (χ2n) is 12.6. The number of hydrogen-bond acceptors (Lipinski definition) is 3. The highest BCUT2D eigenvalue weighted by Gasteiger charge is 2.40. The van der Waals surface area contributed by atoms with Crippen LogP contribution in [0.1, 0.15) is 25.1 Å². The molecule has 3 nitrogen and oxygen atoms in total. The molecule has 0 fully saturated rings. The lowest BCUT2D eigenvalue weighted by molar-refractivity contribution is 0.635. The van der Waals surface area contributed by atoms with Gasteiger partial charge in [-0.3, -0.25) is 4.57 Å². The third-order valence-corrected chi connectivity index (χ3v) is 10.9. The fourth-order valence-electron chi connectivity index (χ4n) is 7.56. The van der Waals surface area contributed by atoms with E-state index in [4.69, 9.17) is 9.97 Å². The summed E-state index contributed by atoms with van der Waals surface area (Å²) in [4.78, 5) is 10.9. The van der Waals surface area contributed by atoms with Crippen LogP contribution in [0.25, 0.3) is 81.1 Å². The predicted octanol–water partition coefficient (Wildman–Crippen LogP) is 11.1. The molecule has 1 aliphatic rings. The molecule has 6 aromatic carbocycles. The van der Waals surface area contributed by atoms with Gasteiger partial charge < -0.3 is 0 Å². The second kappa shape index (κ2) is 8.87. The van der Waals surface area contributed by atoms with Crippen LogP contribution in [0.2, 0.25) is 0 Å². The summed E-state index contributed by atoms with van der Waals surface area (Å²) in [7, 11) is 0. The number of nitrogens with zero attached hydrogens (tertiary/aromatic N) is 3. The first-order valence-corrected chi connectivity index (χ1v) is 16.2. The SMILES string of the molecule is CC1(C)c2ccccc2-c2c(-n3c4ccccc4c4cc5ccccc5cc43)nc(-c3ccc4c(c3)sc3ccccc34)nc21. The number of thiophene rings is 1. The van der Waals surface area contributed by atoms with Crippen LogP contribution in [0.5, 0.6) is 0 Å². The van der Waals surface area contributed by atoms with E-state index in [1.54, 1.807) is 0 Å². The molecule has 1 aliphatic carbocycles. The second-order valence-corrected chi connectivity index (χ2v) is 13.7. The molecule has 3 aromatic heterocycles. The van der Waals surface area contributed by atoms with Crippen LogP contribution in [0, 0.1) is 0 Å². The quantitative estimate of drug-likeness (QED) is 0.200. The molecule has 45 heavy (non-hydrogen) atoms. The summed E-state index contributed by atoms with van der Waals surface area (Å²) >= 11 is 1.83. The zero-order chi connectivity index (χ0) is 29.9. The number of rotatable bonds is 2. The fourth-order valence-corrected chi connectivity index (χ4v) is 8.71. The van der Waals surface area contributed by atoms with Crippen molar-refractivity contribution in [2.24, 2.45) is 0 Å². The van der Waals surface area contributed by atoms with Gasteiger partial charge in [0, 0.05) is 47.5 Å². The van der Waals surface area contributed by atoms with Crippen LogP contribution in [0.3, 0.4) is 0 Å². The monoisotopic (exact) mass is 593 g/mol. The van der Waals surface area contributed by atoms with Gasteiger partial charge in [0.1, 0.15) is 5.82 Å². The van der Waals surface area contributed by atoms with Crippen LogP contribution in [-0.4, -0.2) is 14.5 Å². The van der Waals surface area contributed by atoms with Crippen molar-refractivity contribution in [1.82, 2.24) is 14.5 Å². The lowest BCUT2D eigenvalue weighted by Crippen LogP contribution is -2.18. The van der Waals surface area contributed by atoms with Crippen molar-refractivity contribution in [3.05, 3.63) is 139 Å². The summed E-state index contributed by atoms with van der Waals surface area (Å²) in [6, 6.07) is 46.1. The molecule has 0 N–H and O–H groups in total. The van der Waals surface area contributed by atoms with Crippen molar-refractivity contribution >= 4 is 64.1 Å². The van der Waals surface area contributed by atoms with Crippen LogP contribution >= 0.6 is 11.3 Å². The highest BCUT2D eigenvalue weighted by Crippen LogP contribution is 2.51. The van der Waals surface area contributed by atoms with Gasteiger partial charge in [0.15, 0.2) is 5.82 Å². The molecule has 0 saturated carbocycles. The Morgan fingerprint density at radius 3 is 2.18 bits per heavy atom. The van der Waals surface area contributed by atoms with E-state index < -0.39 is 0 Å². The van der Waals surface area contributed by atoms with Crippen molar-refractivity contribution in [2.45, 2.75) is 19.3 Å². The number of aromatic nitrogens is 3. The zero-order valence-corrected chi connectivity index (χ0v) is 25.7. The van der Waals surface area contributed by atoms with E-state index in [1.165, 1.54) is 52.8 Å². The third-order valence-electron chi connectivity index (χ3n) is 9.74. The number of benzene rings is 6. The Bertz CT molecular complexity index is 2690. The Kier molecular flexibility index (Phi) is 4.94. The average molecular weight is 594 g/mol. The maximum atomic E-state index is 5.52. The molecule has 0 unspecified atom stereocenters. The van der Waals surface area contributed by atoms with Gasteiger partial charge in [-0.2, -0.15) is 0 Å². The Hall–Kier alpha value is -5.32. The summed E-state index contributed by atoms with van der Waals surface area (Å²) in [5, 5.41) is 7.50. The number of hydrogen-bond donors (Lipinski definition) is 0. The molecule has 10 rings (SSSR count). The van der Waals surface area contributed by atoms with Gasteiger partial charge in [0.25, 0.3) is 0 Å². The van der Waals surface area contributed by atoms with Crippen molar-refractivity contribution in [3.63, 3.8) is 0 Å². The Labute approximate surface area is 264 Å². The lowest BCUT2D eigenvalue weighted by Gasteiger charge is -2.21. The summed E-state index contributed by atoms with van der Waals surface area (Å²) in [6.45, 7) is 4.60. The van der Waals surface area contributed by atoms with Gasteiger partial charge in [-0.25, -0.2) is 9.97 Å². The molecular weight excluding hydrogens is 567 g/mol. The van der Waals surface area contributed by atoms with E-state index >= 15 is 0 Å². The Morgan fingerprint density at radius 1 is 0.578 bits per heavy atom. The Balaban J connectivity index is 1.34. The summed E-state index contributed by atoms with van der Waals surface area (Å²) < 4.78 is 4.94. The van der Waals surface area contributed by atoms with Crippen molar-refractivity contribution in [2.75, 3.05) is 0 Å². The third kappa shape index (κ3) is 3.40. The van der Waals surface area contributed by atoms with Crippen LogP contribution in [0.4, 0.5) is 0 Å². The first kappa shape index (κ1) is 25.1. The standard InChI is InChI=1S/C41H27N3S/c1-41(2)32-16-8-5-15-30(32)37-38(41)42-39(26-19-20-29-28-14-7-10-18-35(28)45-36(29)23-26)43-40(37)44-33-17-9-6-13-27(33)31-21-24-11-3-4-12-25(24)22-34(31)44/h3-23H,1-2H3. The maximum Gasteiger partial charge on any atom is 0.161 e. The van der Waals surface area contributed by atoms with E-state index in [0.717, 1.165) is 39.5 Å². The maximum absolute atomic E-state index is 5.52. The lowest BCUT2D eigenvalue weighted by atomic mass is 9.85. The van der Waals surface area contributed by atoms with Gasteiger partial charge in [0.2, 0.25) is 0 Å². The molecule has 0 saturated heterocycles. The molecular formula is C41H27N3S. The topological polar surface area (TPSA) is 30.7 Å². The first-order valence-electron chi connectivity index (χ1n) is 15.4. The average Bonchev–Trinajstić information content (AvgIpc) is 3.68. The first-order chi connectivity index (χ1) is 22.1. The minimum atomic E-state index is -0.272. The molecule has 0 aliphatic heterocycles. The smallest absolute Gasteiger partial charge is 0.161 e. The van der Waals surface area contributed by atoms with Crippen molar-refractivity contribution < 1.29 is 0 Å². The molecule has 0 radical (unpaired) electrons. The highest BCUT2D eigenvalue weighted by atomic mass is 32.1. The van der Waals surface area contributed by atoms with E-state index in [1.807, 2.05) is 11.3 Å². The van der Waals surface area contributed by atoms with Gasteiger partial charge in [0.05, 0.1) is 16.7 Å². The molecule has 0 amide bonds. The molecule has 9 aromatic rings. The largest absolute Gasteiger partial charge is 0.293 e. The zero-order valence-electron chi connectivity index (χ0n) is 24.9. The van der Waals surface area contributed by atoms with E-state index in [9.17, 15) is 0 Å². The Morgan fingerprint density at radius 2 is 1.29 bits per heavy atom. The number of fused-ring (bicyclic) bond motifs is 10. The van der Waals surface area contributed by atoms with Crippen LogP contribution in [-0.2, 0) is 5.41 Å². The highest BCUT2D eigenvalue weighted by molar-refractivity contribution is 7.25. The van der Waals surface area contributed by atoms with E-state index in [0.29, 0.717) is 0 Å². The fraction of sp³-hybridized carbons (Fsp3) is 0.0732. The minimum Gasteiger partial charge on any atom is -0.293 e. The molecule has 0 spiro atoms. The van der Waals surface area contributed by atoms with Gasteiger partial charge in [-0.15, -0.1) is 11.3 Å². The van der Waals surface area contributed by atoms with Crippen molar-refractivity contribution in [1.29, 1.82) is 0 Å². The van der Waals surface area contributed by atoms with Crippen molar-refractivity contribution in [3.8, 4) is 28.3 Å². The van der Waals surface area contributed by atoms with E-state index in [2.05, 4.69) is 146 Å². The van der Waals surface area contributed by atoms with Gasteiger partial charge >= 0.3 is 0 Å². The molecule has 0 bridgehead atoms. The van der Waals surface area contributed by atoms with Crippen LogP contribution < -0.4 is 0 Å². The normalized spacial score (nSPS) is 13.7. The van der Waals surface area contributed by atoms with Gasteiger partial charge in [-0.05, 0) is 52.2 Å². The number of para-hydroxylation sites is 1. The minimum absolute atomic E-state index is 0.272. The van der Waals surface area contributed by atoms with E-state index in [-0.39, 0.29) is 5.41 Å². The molecule has 3 heterocycles. The summed E-state index contributed by atoms with van der Waals surface area (Å²) in [5.41, 5.74) is 7.78. The molecule has 212 valence electrons. The van der Waals surface area contributed by atoms with Gasteiger partial charge in [-0.1, -0.05) is 111 Å². The summed E-state index contributed by atoms with van der Waals surface area (Å²) in [5.74, 6) is 1.70. The molecule has 4 heteroatoms. The van der Waals surface area contributed by atoms with Crippen LogP contribution in [0.15, 0.2) is 127 Å². The predicted molar refractivity (Wildman–Crippen MR) is 190 cm³/mol.